The van der Waals surface area contributed by atoms with Crippen LogP contribution >= 0.6 is 0 Å². The van der Waals surface area contributed by atoms with Gasteiger partial charge in [-0.2, -0.15) is 0 Å². The summed E-state index contributed by atoms with van der Waals surface area (Å²) >= 11 is 0. The molecule has 0 spiro atoms. The molecule has 6 atom stereocenters. The summed E-state index contributed by atoms with van der Waals surface area (Å²) in [7, 11) is 0. The number of ketones is 1. The standard InChI is InChI=1S/C20H30O2/c1-18-9-6-14(21)12-13(18)4-5-15-16(18)7-10-19(2)17(15)8-11-20(19,3)22/h12,15-17,22H,4-11H2,1-3H3/t15-,16+,17+,18+,19+,20-/m1/s1/i4D2,6D2,12D. The van der Waals surface area contributed by atoms with E-state index in [1.54, 1.807) is 0 Å². The van der Waals surface area contributed by atoms with Gasteiger partial charge in [0.1, 0.15) is 0 Å². The Morgan fingerprint density at radius 1 is 1.14 bits per heavy atom. The fourth-order valence-corrected chi connectivity index (χ4v) is 6.04. The van der Waals surface area contributed by atoms with Gasteiger partial charge in [0, 0.05) is 11.9 Å². The van der Waals surface area contributed by atoms with E-state index in [2.05, 4.69) is 6.92 Å². The predicted octanol–water partition coefficient (Wildman–Crippen LogP) is 4.27. The van der Waals surface area contributed by atoms with Crippen molar-refractivity contribution in [3.63, 3.8) is 0 Å². The first kappa shape index (κ1) is 10.3. The molecule has 0 aliphatic heterocycles. The average Bonchev–Trinajstić information content (AvgIpc) is 2.74. The number of hydrogen-bond donors (Lipinski definition) is 1. The van der Waals surface area contributed by atoms with Gasteiger partial charge in [0.15, 0.2) is 5.78 Å². The summed E-state index contributed by atoms with van der Waals surface area (Å²) in [4.78, 5) is 12.4. The van der Waals surface area contributed by atoms with Crippen LogP contribution in [0.15, 0.2) is 11.6 Å². The summed E-state index contributed by atoms with van der Waals surface area (Å²) in [5, 5.41) is 11.0. The van der Waals surface area contributed by atoms with E-state index in [0.29, 0.717) is 6.42 Å². The summed E-state index contributed by atoms with van der Waals surface area (Å²) < 4.78 is 42.1. The maximum atomic E-state index is 12.4. The van der Waals surface area contributed by atoms with Crippen LogP contribution in [0.2, 0.25) is 0 Å². The van der Waals surface area contributed by atoms with Gasteiger partial charge < -0.3 is 5.11 Å². The second kappa shape index (κ2) is 4.47. The zero-order chi connectivity index (χ0) is 20.2. The Bertz CT molecular complexity index is 743. The third-order valence-electron chi connectivity index (χ3n) is 7.76. The maximum Gasteiger partial charge on any atom is 0.155 e. The van der Waals surface area contributed by atoms with E-state index in [1.807, 2.05) is 13.8 Å². The normalized spacial score (nSPS) is 62.6. The Labute approximate surface area is 141 Å². The van der Waals surface area contributed by atoms with Gasteiger partial charge in [-0.15, -0.1) is 0 Å². The van der Waals surface area contributed by atoms with Crippen LogP contribution < -0.4 is 0 Å². The molecule has 0 heterocycles. The van der Waals surface area contributed by atoms with E-state index in [9.17, 15) is 9.90 Å². The predicted molar refractivity (Wildman–Crippen MR) is 87.3 cm³/mol. The first-order valence-electron chi connectivity index (χ1n) is 11.2. The number of carbonyl (C=O) groups is 1. The monoisotopic (exact) mass is 307 g/mol. The van der Waals surface area contributed by atoms with Crippen LogP contribution in [0.4, 0.5) is 0 Å². The van der Waals surface area contributed by atoms with Gasteiger partial charge in [0.2, 0.25) is 0 Å². The van der Waals surface area contributed by atoms with Gasteiger partial charge in [0.25, 0.3) is 0 Å². The maximum absolute atomic E-state index is 12.4. The molecule has 2 heteroatoms. The molecule has 2 nitrogen and oxygen atoms in total. The molecule has 1 N–H and O–H groups in total. The third kappa shape index (κ3) is 1.74. The number of carbonyl (C=O) groups excluding carboxylic acids is 1. The molecular formula is C20H30O2. The Balaban J connectivity index is 1.85. The molecule has 4 aliphatic rings. The van der Waals surface area contributed by atoms with Crippen LogP contribution in [0.25, 0.3) is 0 Å². The summed E-state index contributed by atoms with van der Waals surface area (Å²) in [5.41, 5.74) is -1.61. The molecule has 3 saturated carbocycles. The lowest BCUT2D eigenvalue weighted by molar-refractivity contribution is -0.124. The van der Waals surface area contributed by atoms with E-state index in [4.69, 9.17) is 6.85 Å². The Kier molecular flexibility index (Phi) is 2.09. The van der Waals surface area contributed by atoms with Crippen LogP contribution in [0, 0.1) is 28.6 Å². The second-order valence-electron chi connectivity index (χ2n) is 8.63. The largest absolute Gasteiger partial charge is 0.390 e. The summed E-state index contributed by atoms with van der Waals surface area (Å²) in [6, 6.07) is -0.441. The van der Waals surface area contributed by atoms with Crippen LogP contribution in [-0.2, 0) is 4.79 Å². The van der Waals surface area contributed by atoms with Crippen molar-refractivity contribution in [2.45, 2.75) is 77.6 Å². The van der Waals surface area contributed by atoms with Crippen LogP contribution in [0.5, 0.6) is 0 Å². The van der Waals surface area contributed by atoms with E-state index in [1.165, 1.54) is 0 Å². The molecule has 122 valence electrons. The van der Waals surface area contributed by atoms with Gasteiger partial charge in [0.05, 0.1) is 6.97 Å². The minimum atomic E-state index is -2.12. The van der Waals surface area contributed by atoms with E-state index < -0.39 is 35.6 Å². The van der Waals surface area contributed by atoms with Crippen molar-refractivity contribution in [1.82, 2.24) is 0 Å². The van der Waals surface area contributed by atoms with E-state index in [0.717, 1.165) is 19.3 Å². The smallest absolute Gasteiger partial charge is 0.155 e. The molecule has 0 radical (unpaired) electrons. The van der Waals surface area contributed by atoms with Gasteiger partial charge in [-0.3, -0.25) is 4.79 Å². The first-order chi connectivity index (χ1) is 12.2. The summed E-state index contributed by atoms with van der Waals surface area (Å²) in [6.45, 7) is 5.91. The lowest BCUT2D eigenvalue weighted by Crippen LogP contribution is -2.53. The van der Waals surface area contributed by atoms with Crippen molar-refractivity contribution < 1.29 is 16.8 Å². The minimum Gasteiger partial charge on any atom is -0.390 e. The molecule has 4 aliphatic carbocycles. The number of allylic oxidation sites excluding steroid dienone is 1. The second-order valence-corrected chi connectivity index (χ2v) is 8.63. The summed E-state index contributed by atoms with van der Waals surface area (Å²) in [6.07, 6.45) is -0.516. The van der Waals surface area contributed by atoms with Crippen molar-refractivity contribution in [1.29, 1.82) is 0 Å². The molecule has 0 saturated heterocycles. The summed E-state index contributed by atoms with van der Waals surface area (Å²) in [5.74, 6) is -0.593. The topological polar surface area (TPSA) is 37.3 Å². The molecular weight excluding hydrogens is 272 g/mol. The highest BCUT2D eigenvalue weighted by Gasteiger charge is 2.62. The lowest BCUT2D eigenvalue weighted by Gasteiger charge is -2.58. The van der Waals surface area contributed by atoms with Crippen LogP contribution in [0.3, 0.4) is 0 Å². The van der Waals surface area contributed by atoms with Crippen molar-refractivity contribution in [3.05, 3.63) is 11.6 Å². The Hall–Kier alpha value is -0.630. The molecule has 0 aromatic carbocycles. The zero-order valence-corrected chi connectivity index (χ0v) is 13.8. The molecule has 22 heavy (non-hydrogen) atoms. The first-order valence-corrected chi connectivity index (χ1v) is 8.66. The van der Waals surface area contributed by atoms with Gasteiger partial charge in [-0.25, -0.2) is 0 Å². The van der Waals surface area contributed by atoms with Crippen LogP contribution in [-0.4, -0.2) is 16.5 Å². The molecule has 0 aromatic heterocycles. The molecule has 0 unspecified atom stereocenters. The molecule has 0 bridgehead atoms. The fraction of sp³-hybridized carbons (Fsp3) is 0.850. The Morgan fingerprint density at radius 2 is 1.86 bits per heavy atom. The van der Waals surface area contributed by atoms with E-state index in [-0.39, 0.29) is 41.6 Å². The molecule has 0 amide bonds. The van der Waals surface area contributed by atoms with E-state index >= 15 is 0 Å². The molecule has 0 aromatic rings. The lowest BCUT2D eigenvalue weighted by atomic mass is 9.46. The average molecular weight is 307 g/mol. The van der Waals surface area contributed by atoms with Crippen LogP contribution in [0.1, 0.15) is 78.9 Å². The minimum absolute atomic E-state index is 0.0401. The highest BCUT2D eigenvalue weighted by molar-refractivity contribution is 5.91. The van der Waals surface area contributed by atoms with Crippen molar-refractivity contribution in [2.75, 3.05) is 0 Å². The number of hydrogen-bond acceptors (Lipinski definition) is 2. The van der Waals surface area contributed by atoms with Crippen molar-refractivity contribution in [2.24, 2.45) is 28.6 Å². The van der Waals surface area contributed by atoms with Crippen molar-refractivity contribution >= 4 is 5.78 Å². The zero-order valence-electron chi connectivity index (χ0n) is 18.8. The quantitative estimate of drug-likeness (QED) is 0.725. The Morgan fingerprint density at radius 3 is 2.64 bits per heavy atom. The van der Waals surface area contributed by atoms with Gasteiger partial charge in [-0.05, 0) is 86.5 Å². The van der Waals surface area contributed by atoms with Crippen molar-refractivity contribution in [3.8, 4) is 0 Å². The van der Waals surface area contributed by atoms with Gasteiger partial charge in [-0.1, -0.05) is 19.4 Å². The molecule has 3 fully saturated rings. The fourth-order valence-electron chi connectivity index (χ4n) is 6.04. The molecule has 4 rings (SSSR count). The number of rotatable bonds is 0. The highest BCUT2D eigenvalue weighted by atomic mass is 16.3. The SMILES string of the molecule is [2H]C1=C2C([2H])([2H])C[C@@H]3[C@H](CC[C@@]4(C)[C@H]3CC[C@@]4(C)O)[C@@]2(C)CC([2H])([2H])C1=O. The number of aliphatic hydroxyl groups is 1. The third-order valence-corrected chi connectivity index (χ3v) is 7.76. The highest BCUT2D eigenvalue weighted by Crippen LogP contribution is 2.67. The van der Waals surface area contributed by atoms with Gasteiger partial charge >= 0.3 is 0 Å². The number of fused-ring (bicyclic) bond motifs is 5.